The maximum Gasteiger partial charge on any atom is 0.416 e. The number of pyridine rings is 1. The fourth-order valence-electron chi connectivity index (χ4n) is 1.93. The van der Waals surface area contributed by atoms with Crippen LogP contribution in [0.2, 0.25) is 0 Å². The number of nitrogens with one attached hydrogen (secondary N) is 1. The molecule has 1 saturated heterocycles. The van der Waals surface area contributed by atoms with Gasteiger partial charge in [0.1, 0.15) is 0 Å². The second-order valence-electron chi connectivity index (χ2n) is 4.40. The van der Waals surface area contributed by atoms with Crippen molar-refractivity contribution in [3.63, 3.8) is 0 Å². The molecule has 0 bridgehead atoms. The topological polar surface area (TPSA) is 34.1 Å². The van der Waals surface area contributed by atoms with Gasteiger partial charge in [-0.1, -0.05) is 0 Å². The lowest BCUT2D eigenvalue weighted by atomic mass is 10.0. The Balaban J connectivity index is 1.92. The van der Waals surface area contributed by atoms with Gasteiger partial charge >= 0.3 is 6.18 Å². The minimum Gasteiger partial charge on any atom is -0.477 e. The molecule has 6 heteroatoms. The van der Waals surface area contributed by atoms with Crippen LogP contribution in [0.25, 0.3) is 0 Å². The van der Waals surface area contributed by atoms with E-state index in [1.54, 1.807) is 0 Å². The maximum absolute atomic E-state index is 12.5. The van der Waals surface area contributed by atoms with Crippen molar-refractivity contribution in [3.05, 3.63) is 23.9 Å². The summed E-state index contributed by atoms with van der Waals surface area (Å²) in [6.07, 6.45) is -1.12. The minimum absolute atomic E-state index is 0.0374. The molecule has 0 saturated carbocycles. The number of hydrogen-bond acceptors (Lipinski definition) is 3. The summed E-state index contributed by atoms with van der Waals surface area (Å²) in [5, 5.41) is 3.23. The summed E-state index contributed by atoms with van der Waals surface area (Å²) in [5.74, 6) is 0.380. The number of ether oxygens (including phenoxy) is 1. The van der Waals surface area contributed by atoms with Gasteiger partial charge in [0.15, 0.2) is 0 Å². The Bertz CT molecular complexity index is 389. The van der Waals surface area contributed by atoms with E-state index in [1.807, 2.05) is 0 Å². The molecule has 1 aromatic rings. The van der Waals surface area contributed by atoms with Gasteiger partial charge in [-0.25, -0.2) is 4.98 Å². The van der Waals surface area contributed by atoms with Gasteiger partial charge in [-0.05, 0) is 25.5 Å². The summed E-state index contributed by atoms with van der Waals surface area (Å²) in [7, 11) is 0. The van der Waals surface area contributed by atoms with E-state index in [1.165, 1.54) is 0 Å². The summed E-state index contributed by atoms with van der Waals surface area (Å²) in [6, 6.07) is 1.88. The molecule has 0 radical (unpaired) electrons. The third-order valence-electron chi connectivity index (χ3n) is 2.93. The zero-order valence-electron chi connectivity index (χ0n) is 9.83. The highest BCUT2D eigenvalue weighted by Gasteiger charge is 2.31. The fourth-order valence-corrected chi connectivity index (χ4v) is 1.93. The standard InChI is InChI=1S/C12H15F3N2O/c13-12(14,15)10-3-5-17-11(6-10)18-8-9-2-1-4-16-7-9/h3,5-6,9,16H,1-2,4,7-8H2. The van der Waals surface area contributed by atoms with Crippen LogP contribution in [0, 0.1) is 5.92 Å². The van der Waals surface area contributed by atoms with Crippen LogP contribution in [0.4, 0.5) is 13.2 Å². The largest absolute Gasteiger partial charge is 0.477 e. The van der Waals surface area contributed by atoms with Gasteiger partial charge in [0.05, 0.1) is 12.2 Å². The van der Waals surface area contributed by atoms with Gasteiger partial charge in [-0.3, -0.25) is 0 Å². The first-order chi connectivity index (χ1) is 8.55. The van der Waals surface area contributed by atoms with Crippen LogP contribution in [0.1, 0.15) is 18.4 Å². The lowest BCUT2D eigenvalue weighted by molar-refractivity contribution is -0.137. The van der Waals surface area contributed by atoms with Gasteiger partial charge in [0.2, 0.25) is 5.88 Å². The molecule has 1 N–H and O–H groups in total. The molecule has 18 heavy (non-hydrogen) atoms. The Morgan fingerprint density at radius 2 is 2.28 bits per heavy atom. The molecule has 1 atom stereocenters. The number of halogens is 3. The van der Waals surface area contributed by atoms with Gasteiger partial charge in [0.25, 0.3) is 0 Å². The Morgan fingerprint density at radius 1 is 1.44 bits per heavy atom. The van der Waals surface area contributed by atoms with Crippen molar-refractivity contribution in [2.24, 2.45) is 5.92 Å². The van der Waals surface area contributed by atoms with Crippen molar-refractivity contribution in [1.82, 2.24) is 10.3 Å². The molecule has 1 fully saturated rings. The molecule has 2 rings (SSSR count). The quantitative estimate of drug-likeness (QED) is 0.906. The van der Waals surface area contributed by atoms with E-state index in [2.05, 4.69) is 10.3 Å². The molecular formula is C12H15F3N2O. The van der Waals surface area contributed by atoms with E-state index < -0.39 is 11.7 Å². The average molecular weight is 260 g/mol. The molecule has 1 aliphatic heterocycles. The van der Waals surface area contributed by atoms with Crippen molar-refractivity contribution in [2.45, 2.75) is 19.0 Å². The number of alkyl halides is 3. The van der Waals surface area contributed by atoms with Crippen LogP contribution in [-0.2, 0) is 6.18 Å². The second-order valence-corrected chi connectivity index (χ2v) is 4.40. The monoisotopic (exact) mass is 260 g/mol. The summed E-state index contributed by atoms with van der Waals surface area (Å²) in [5.41, 5.74) is -0.728. The SMILES string of the molecule is FC(F)(F)c1ccnc(OCC2CCCNC2)c1. The van der Waals surface area contributed by atoms with Crippen molar-refractivity contribution in [3.8, 4) is 5.88 Å². The summed E-state index contributed by atoms with van der Waals surface area (Å²) in [6.45, 7) is 2.25. The number of piperidine rings is 1. The number of rotatable bonds is 3. The Labute approximate surface area is 103 Å². The highest BCUT2D eigenvalue weighted by Crippen LogP contribution is 2.30. The van der Waals surface area contributed by atoms with Gasteiger partial charge in [-0.15, -0.1) is 0 Å². The van der Waals surface area contributed by atoms with Crippen molar-refractivity contribution >= 4 is 0 Å². The van der Waals surface area contributed by atoms with Crippen molar-refractivity contribution in [2.75, 3.05) is 19.7 Å². The van der Waals surface area contributed by atoms with E-state index in [9.17, 15) is 13.2 Å². The number of hydrogen-bond donors (Lipinski definition) is 1. The molecule has 1 unspecified atom stereocenters. The Hall–Kier alpha value is -1.30. The van der Waals surface area contributed by atoms with Crippen LogP contribution in [0.3, 0.4) is 0 Å². The zero-order chi connectivity index (χ0) is 13.0. The van der Waals surface area contributed by atoms with E-state index in [0.29, 0.717) is 12.5 Å². The van der Waals surface area contributed by atoms with Crippen molar-refractivity contribution < 1.29 is 17.9 Å². The fraction of sp³-hybridized carbons (Fsp3) is 0.583. The maximum atomic E-state index is 12.5. The summed E-state index contributed by atoms with van der Waals surface area (Å²) >= 11 is 0. The predicted octanol–water partition coefficient (Wildman–Crippen LogP) is 2.48. The molecule has 2 heterocycles. The first kappa shape index (κ1) is 13.1. The molecule has 0 spiro atoms. The molecule has 100 valence electrons. The molecule has 0 aromatic carbocycles. The molecule has 1 aromatic heterocycles. The summed E-state index contributed by atoms with van der Waals surface area (Å²) in [4.78, 5) is 3.79. The number of aromatic nitrogens is 1. The lowest BCUT2D eigenvalue weighted by Crippen LogP contribution is -2.33. The van der Waals surface area contributed by atoms with E-state index in [0.717, 1.165) is 44.3 Å². The highest BCUT2D eigenvalue weighted by atomic mass is 19.4. The normalized spacial score (nSPS) is 20.7. The number of nitrogens with zero attached hydrogens (tertiary/aromatic N) is 1. The van der Waals surface area contributed by atoms with Crippen LogP contribution >= 0.6 is 0 Å². The molecule has 0 amide bonds. The van der Waals surface area contributed by atoms with Gasteiger partial charge < -0.3 is 10.1 Å². The minimum atomic E-state index is -4.35. The predicted molar refractivity (Wildman–Crippen MR) is 60.3 cm³/mol. The molecular weight excluding hydrogens is 245 g/mol. The van der Waals surface area contributed by atoms with Crippen LogP contribution in [-0.4, -0.2) is 24.7 Å². The first-order valence-electron chi connectivity index (χ1n) is 5.92. The highest BCUT2D eigenvalue weighted by molar-refractivity contribution is 5.22. The van der Waals surface area contributed by atoms with E-state index in [4.69, 9.17) is 4.74 Å². The average Bonchev–Trinajstić information content (AvgIpc) is 2.37. The lowest BCUT2D eigenvalue weighted by Gasteiger charge is -2.22. The Kier molecular flexibility index (Phi) is 4.06. The van der Waals surface area contributed by atoms with E-state index in [-0.39, 0.29) is 5.88 Å². The van der Waals surface area contributed by atoms with Crippen molar-refractivity contribution in [1.29, 1.82) is 0 Å². The van der Waals surface area contributed by atoms with Crippen LogP contribution < -0.4 is 10.1 Å². The smallest absolute Gasteiger partial charge is 0.416 e. The van der Waals surface area contributed by atoms with Crippen LogP contribution in [0.15, 0.2) is 18.3 Å². The zero-order valence-corrected chi connectivity index (χ0v) is 9.83. The third kappa shape index (κ3) is 3.60. The third-order valence-corrected chi connectivity index (χ3v) is 2.93. The van der Waals surface area contributed by atoms with Gasteiger partial charge in [-0.2, -0.15) is 13.2 Å². The Morgan fingerprint density at radius 3 is 2.94 bits per heavy atom. The second kappa shape index (κ2) is 5.56. The molecule has 3 nitrogen and oxygen atoms in total. The summed E-state index contributed by atoms with van der Waals surface area (Å²) < 4.78 is 42.7. The van der Waals surface area contributed by atoms with E-state index >= 15 is 0 Å². The first-order valence-corrected chi connectivity index (χ1v) is 5.92. The van der Waals surface area contributed by atoms with Crippen LogP contribution in [0.5, 0.6) is 5.88 Å². The molecule has 1 aliphatic rings. The van der Waals surface area contributed by atoms with Gasteiger partial charge in [0, 0.05) is 24.7 Å². The molecule has 0 aliphatic carbocycles.